The van der Waals surface area contributed by atoms with E-state index in [1.165, 1.54) is 5.56 Å². The van der Waals surface area contributed by atoms with Crippen LogP contribution in [0.25, 0.3) is 11.3 Å². The van der Waals surface area contributed by atoms with Crippen molar-refractivity contribution in [3.05, 3.63) is 40.7 Å². The predicted octanol–water partition coefficient (Wildman–Crippen LogP) is 2.87. The molecule has 3 heteroatoms. The highest BCUT2D eigenvalue weighted by molar-refractivity contribution is 7.10. The normalized spacial score (nSPS) is 12.7. The SMILES string of the molecule is CC(CN)c1nc(-c2ccccc2)cs1. The summed E-state index contributed by atoms with van der Waals surface area (Å²) in [6.07, 6.45) is 0. The maximum absolute atomic E-state index is 5.62. The Morgan fingerprint density at radius 3 is 2.73 bits per heavy atom. The van der Waals surface area contributed by atoms with Gasteiger partial charge in [0, 0.05) is 23.4 Å². The fourth-order valence-electron chi connectivity index (χ4n) is 1.36. The van der Waals surface area contributed by atoms with Crippen molar-refractivity contribution in [1.82, 2.24) is 4.98 Å². The molecule has 0 aliphatic heterocycles. The van der Waals surface area contributed by atoms with E-state index in [-0.39, 0.29) is 0 Å². The maximum Gasteiger partial charge on any atom is 0.0973 e. The average molecular weight is 218 g/mol. The number of thiazole rings is 1. The molecule has 0 saturated heterocycles. The van der Waals surface area contributed by atoms with Crippen LogP contribution in [-0.2, 0) is 0 Å². The van der Waals surface area contributed by atoms with Crippen LogP contribution in [0.1, 0.15) is 17.8 Å². The molecule has 0 aliphatic carbocycles. The highest BCUT2D eigenvalue weighted by Gasteiger charge is 2.09. The Labute approximate surface area is 93.8 Å². The zero-order valence-electron chi connectivity index (χ0n) is 8.68. The van der Waals surface area contributed by atoms with Gasteiger partial charge >= 0.3 is 0 Å². The van der Waals surface area contributed by atoms with Gasteiger partial charge < -0.3 is 5.73 Å². The summed E-state index contributed by atoms with van der Waals surface area (Å²) < 4.78 is 0. The molecule has 78 valence electrons. The van der Waals surface area contributed by atoms with E-state index in [9.17, 15) is 0 Å². The topological polar surface area (TPSA) is 38.9 Å². The molecule has 0 aliphatic rings. The minimum atomic E-state index is 0.354. The highest BCUT2D eigenvalue weighted by Crippen LogP contribution is 2.25. The third-order valence-electron chi connectivity index (χ3n) is 2.37. The summed E-state index contributed by atoms with van der Waals surface area (Å²) in [6.45, 7) is 2.76. The van der Waals surface area contributed by atoms with Crippen molar-refractivity contribution in [2.45, 2.75) is 12.8 Å². The summed E-state index contributed by atoms with van der Waals surface area (Å²) in [5.41, 5.74) is 7.84. The quantitative estimate of drug-likeness (QED) is 0.860. The predicted molar refractivity (Wildman–Crippen MR) is 65.0 cm³/mol. The first-order valence-electron chi connectivity index (χ1n) is 5.02. The van der Waals surface area contributed by atoms with Gasteiger partial charge in [-0.3, -0.25) is 0 Å². The number of hydrogen-bond acceptors (Lipinski definition) is 3. The second-order valence-corrected chi connectivity index (χ2v) is 4.46. The van der Waals surface area contributed by atoms with Crippen LogP contribution < -0.4 is 5.73 Å². The molecule has 2 nitrogen and oxygen atoms in total. The molecule has 2 N–H and O–H groups in total. The third-order valence-corrected chi connectivity index (χ3v) is 3.44. The van der Waals surface area contributed by atoms with E-state index in [0.717, 1.165) is 10.7 Å². The van der Waals surface area contributed by atoms with Crippen LogP contribution in [0.5, 0.6) is 0 Å². The fourth-order valence-corrected chi connectivity index (χ4v) is 2.26. The average Bonchev–Trinajstić information content (AvgIpc) is 2.78. The fraction of sp³-hybridized carbons (Fsp3) is 0.250. The Bertz CT molecular complexity index is 422. The molecule has 0 saturated carbocycles. The van der Waals surface area contributed by atoms with Gasteiger partial charge in [0.05, 0.1) is 10.7 Å². The Morgan fingerprint density at radius 1 is 1.33 bits per heavy atom. The number of aromatic nitrogens is 1. The smallest absolute Gasteiger partial charge is 0.0973 e. The van der Waals surface area contributed by atoms with Crippen molar-refractivity contribution < 1.29 is 0 Å². The van der Waals surface area contributed by atoms with Crippen LogP contribution >= 0.6 is 11.3 Å². The van der Waals surface area contributed by atoms with Gasteiger partial charge in [0.1, 0.15) is 0 Å². The lowest BCUT2D eigenvalue weighted by atomic mass is 10.1. The largest absolute Gasteiger partial charge is 0.330 e. The summed E-state index contributed by atoms with van der Waals surface area (Å²) in [5, 5.41) is 3.22. The summed E-state index contributed by atoms with van der Waals surface area (Å²) in [7, 11) is 0. The van der Waals surface area contributed by atoms with Crippen LogP contribution in [-0.4, -0.2) is 11.5 Å². The zero-order valence-corrected chi connectivity index (χ0v) is 9.50. The van der Waals surface area contributed by atoms with E-state index in [0.29, 0.717) is 12.5 Å². The lowest BCUT2D eigenvalue weighted by Crippen LogP contribution is -2.08. The molecular weight excluding hydrogens is 204 g/mol. The zero-order chi connectivity index (χ0) is 10.7. The van der Waals surface area contributed by atoms with Gasteiger partial charge in [0.25, 0.3) is 0 Å². The first-order valence-corrected chi connectivity index (χ1v) is 5.90. The van der Waals surface area contributed by atoms with Gasteiger partial charge in [0.2, 0.25) is 0 Å². The summed E-state index contributed by atoms with van der Waals surface area (Å²) in [6, 6.07) is 10.2. The lowest BCUT2D eigenvalue weighted by Gasteiger charge is -2.02. The van der Waals surface area contributed by atoms with E-state index < -0.39 is 0 Å². The van der Waals surface area contributed by atoms with Crippen molar-refractivity contribution in [3.8, 4) is 11.3 Å². The Hall–Kier alpha value is -1.19. The first kappa shape index (κ1) is 10.3. The monoisotopic (exact) mass is 218 g/mol. The van der Waals surface area contributed by atoms with Gasteiger partial charge in [0.15, 0.2) is 0 Å². The summed E-state index contributed by atoms with van der Waals surface area (Å²) >= 11 is 1.69. The molecule has 15 heavy (non-hydrogen) atoms. The molecule has 2 rings (SSSR count). The minimum absolute atomic E-state index is 0.354. The summed E-state index contributed by atoms with van der Waals surface area (Å²) in [5.74, 6) is 0.354. The lowest BCUT2D eigenvalue weighted by molar-refractivity contribution is 0.766. The molecular formula is C12H14N2S. The van der Waals surface area contributed by atoms with Gasteiger partial charge in [-0.2, -0.15) is 0 Å². The van der Waals surface area contributed by atoms with Gasteiger partial charge in [-0.05, 0) is 0 Å². The molecule has 0 spiro atoms. The molecule has 1 unspecified atom stereocenters. The van der Waals surface area contributed by atoms with Crippen LogP contribution in [0.15, 0.2) is 35.7 Å². The number of nitrogens with zero attached hydrogens (tertiary/aromatic N) is 1. The van der Waals surface area contributed by atoms with Gasteiger partial charge in [-0.1, -0.05) is 37.3 Å². The molecule has 1 aromatic carbocycles. The molecule has 1 atom stereocenters. The molecule has 0 amide bonds. The Morgan fingerprint density at radius 2 is 2.07 bits per heavy atom. The molecule has 1 heterocycles. The van der Waals surface area contributed by atoms with Crippen molar-refractivity contribution in [2.24, 2.45) is 5.73 Å². The van der Waals surface area contributed by atoms with Crippen LogP contribution in [0.4, 0.5) is 0 Å². The van der Waals surface area contributed by atoms with E-state index in [4.69, 9.17) is 5.73 Å². The van der Waals surface area contributed by atoms with E-state index in [2.05, 4.69) is 29.4 Å². The van der Waals surface area contributed by atoms with Gasteiger partial charge in [-0.15, -0.1) is 11.3 Å². The molecule has 0 bridgehead atoms. The standard InChI is InChI=1S/C12H14N2S/c1-9(7-13)12-14-11(8-15-12)10-5-3-2-4-6-10/h2-6,8-9H,7,13H2,1H3. The van der Waals surface area contributed by atoms with Crippen LogP contribution in [0.3, 0.4) is 0 Å². The molecule has 2 aromatic rings. The Balaban J connectivity index is 2.28. The third kappa shape index (κ3) is 2.25. The first-order chi connectivity index (χ1) is 7.31. The summed E-state index contributed by atoms with van der Waals surface area (Å²) in [4.78, 5) is 4.59. The number of nitrogens with two attached hydrogens (primary N) is 1. The van der Waals surface area contributed by atoms with E-state index in [1.54, 1.807) is 11.3 Å². The minimum Gasteiger partial charge on any atom is -0.330 e. The van der Waals surface area contributed by atoms with Crippen molar-refractivity contribution in [2.75, 3.05) is 6.54 Å². The Kier molecular flexibility index (Phi) is 3.14. The number of rotatable bonds is 3. The van der Waals surface area contributed by atoms with Crippen molar-refractivity contribution >= 4 is 11.3 Å². The number of benzene rings is 1. The van der Waals surface area contributed by atoms with E-state index >= 15 is 0 Å². The van der Waals surface area contributed by atoms with E-state index in [1.807, 2.05) is 18.2 Å². The maximum atomic E-state index is 5.62. The van der Waals surface area contributed by atoms with Crippen molar-refractivity contribution in [1.29, 1.82) is 0 Å². The second-order valence-electron chi connectivity index (χ2n) is 3.57. The van der Waals surface area contributed by atoms with Gasteiger partial charge in [-0.25, -0.2) is 4.98 Å². The number of hydrogen-bond donors (Lipinski definition) is 1. The highest BCUT2D eigenvalue weighted by atomic mass is 32.1. The van der Waals surface area contributed by atoms with Crippen LogP contribution in [0, 0.1) is 0 Å². The van der Waals surface area contributed by atoms with Crippen LogP contribution in [0.2, 0.25) is 0 Å². The molecule has 0 fully saturated rings. The van der Waals surface area contributed by atoms with Crippen molar-refractivity contribution in [3.63, 3.8) is 0 Å². The molecule has 1 aromatic heterocycles. The molecule has 0 radical (unpaired) electrons. The second kappa shape index (κ2) is 4.55.